The third-order valence-electron chi connectivity index (χ3n) is 4.17. The van der Waals surface area contributed by atoms with Crippen LogP contribution in [0.2, 0.25) is 0 Å². The maximum absolute atomic E-state index is 13.0. The van der Waals surface area contributed by atoms with Gasteiger partial charge in [0.1, 0.15) is 5.82 Å². The molecule has 136 valence electrons. The van der Waals surface area contributed by atoms with Crippen LogP contribution in [0.25, 0.3) is 22.4 Å². The molecule has 2 heterocycles. The van der Waals surface area contributed by atoms with E-state index in [4.69, 9.17) is 9.15 Å². The lowest BCUT2D eigenvalue weighted by Crippen LogP contribution is -2.08. The fourth-order valence-electron chi connectivity index (χ4n) is 2.81. The summed E-state index contributed by atoms with van der Waals surface area (Å²) in [7, 11) is 0. The first-order valence-corrected chi connectivity index (χ1v) is 8.39. The predicted octanol–water partition coefficient (Wildman–Crippen LogP) is 3.95. The first-order valence-electron chi connectivity index (χ1n) is 8.39. The average Bonchev–Trinajstić information content (AvgIpc) is 3.28. The third kappa shape index (κ3) is 3.72. The van der Waals surface area contributed by atoms with Crippen molar-refractivity contribution in [3.8, 4) is 11.5 Å². The Morgan fingerprint density at radius 3 is 2.81 bits per heavy atom. The van der Waals surface area contributed by atoms with Crippen LogP contribution in [0.3, 0.4) is 0 Å². The van der Waals surface area contributed by atoms with Gasteiger partial charge in [0.25, 0.3) is 5.89 Å². The molecular weight excluding hydrogens is 349 g/mol. The molecule has 0 unspecified atom stereocenters. The highest BCUT2D eigenvalue weighted by molar-refractivity contribution is 5.87. The lowest BCUT2D eigenvalue weighted by molar-refractivity contribution is -0.144. The highest BCUT2D eigenvalue weighted by atomic mass is 19.1. The molecule has 4 rings (SSSR count). The lowest BCUT2D eigenvalue weighted by atomic mass is 10.1. The van der Waals surface area contributed by atoms with Gasteiger partial charge in [0, 0.05) is 22.7 Å². The number of rotatable bonds is 5. The van der Waals surface area contributed by atoms with Crippen molar-refractivity contribution in [3.63, 3.8) is 0 Å². The molecule has 0 aliphatic rings. The quantitative estimate of drug-likeness (QED) is 0.542. The molecule has 0 radical (unpaired) electrons. The summed E-state index contributed by atoms with van der Waals surface area (Å²) in [6.45, 7) is 1.89. The van der Waals surface area contributed by atoms with E-state index >= 15 is 0 Å². The van der Waals surface area contributed by atoms with E-state index in [-0.39, 0.29) is 36.6 Å². The zero-order valence-corrected chi connectivity index (χ0v) is 14.5. The fourth-order valence-corrected chi connectivity index (χ4v) is 2.81. The number of nitrogens with one attached hydrogen (secondary N) is 1. The molecule has 2 aromatic carbocycles. The van der Waals surface area contributed by atoms with Crippen molar-refractivity contribution in [2.75, 3.05) is 0 Å². The number of fused-ring (bicyclic) bond motifs is 1. The van der Waals surface area contributed by atoms with Gasteiger partial charge in [-0.1, -0.05) is 11.6 Å². The second-order valence-electron chi connectivity index (χ2n) is 6.21. The lowest BCUT2D eigenvalue weighted by Gasteiger charge is -2.02. The summed E-state index contributed by atoms with van der Waals surface area (Å²) in [6, 6.07) is 11.7. The van der Waals surface area contributed by atoms with Gasteiger partial charge in [0.2, 0.25) is 5.89 Å². The highest BCUT2D eigenvalue weighted by Crippen LogP contribution is 2.21. The average molecular weight is 365 g/mol. The van der Waals surface area contributed by atoms with Gasteiger partial charge in [0.05, 0.1) is 6.42 Å². The maximum Gasteiger partial charge on any atom is 0.310 e. The van der Waals surface area contributed by atoms with E-state index in [1.807, 2.05) is 31.3 Å². The molecule has 4 aromatic rings. The van der Waals surface area contributed by atoms with E-state index in [9.17, 15) is 9.18 Å². The molecule has 7 heteroatoms. The number of aryl methyl sites for hydroxylation is 1. The van der Waals surface area contributed by atoms with Crippen LogP contribution < -0.4 is 0 Å². The molecule has 0 bridgehead atoms. The summed E-state index contributed by atoms with van der Waals surface area (Å²) >= 11 is 0. The van der Waals surface area contributed by atoms with Gasteiger partial charge in [-0.3, -0.25) is 4.79 Å². The van der Waals surface area contributed by atoms with Crippen molar-refractivity contribution in [3.05, 3.63) is 71.5 Å². The van der Waals surface area contributed by atoms with Gasteiger partial charge in [-0.2, -0.15) is 0 Å². The van der Waals surface area contributed by atoms with Gasteiger partial charge in [0.15, 0.2) is 6.61 Å². The highest BCUT2D eigenvalue weighted by Gasteiger charge is 2.13. The Hall–Kier alpha value is -3.48. The number of benzene rings is 2. The van der Waals surface area contributed by atoms with E-state index in [0.717, 1.165) is 22.0 Å². The van der Waals surface area contributed by atoms with Crippen molar-refractivity contribution < 1.29 is 18.3 Å². The number of carbonyl (C=O) groups excluding carboxylic acids is 1. The number of aromatic nitrogens is 3. The van der Waals surface area contributed by atoms with Crippen molar-refractivity contribution in [1.29, 1.82) is 0 Å². The molecule has 1 N–H and O–H groups in total. The number of carbonyl (C=O) groups is 1. The molecular formula is C20H16FN3O3. The Bertz CT molecular complexity index is 1100. The van der Waals surface area contributed by atoms with Crippen LogP contribution in [0.5, 0.6) is 0 Å². The fraction of sp³-hybridized carbons (Fsp3) is 0.150. The predicted molar refractivity (Wildman–Crippen MR) is 96.2 cm³/mol. The standard InChI is InChI=1S/C20H16FN3O3/c1-12-2-7-17-16(8-12)14(10-22-17)9-19(25)26-11-18-23-24-20(27-18)13-3-5-15(21)6-4-13/h2-8,10,22H,9,11H2,1H3. The molecule has 27 heavy (non-hydrogen) atoms. The van der Waals surface area contributed by atoms with Gasteiger partial charge < -0.3 is 14.1 Å². The zero-order chi connectivity index (χ0) is 18.8. The summed E-state index contributed by atoms with van der Waals surface area (Å²) in [5.41, 5.74) is 3.56. The molecule has 0 saturated carbocycles. The van der Waals surface area contributed by atoms with Gasteiger partial charge in [-0.25, -0.2) is 4.39 Å². The number of H-pyrrole nitrogens is 1. The molecule has 0 aliphatic carbocycles. The normalized spacial score (nSPS) is 11.0. The molecule has 0 saturated heterocycles. The first-order chi connectivity index (χ1) is 13.1. The Balaban J connectivity index is 1.39. The van der Waals surface area contributed by atoms with Crippen LogP contribution in [0.4, 0.5) is 4.39 Å². The van der Waals surface area contributed by atoms with Crippen molar-refractivity contribution >= 4 is 16.9 Å². The van der Waals surface area contributed by atoms with E-state index in [1.165, 1.54) is 24.3 Å². The molecule has 6 nitrogen and oxygen atoms in total. The van der Waals surface area contributed by atoms with Crippen LogP contribution in [-0.2, 0) is 22.6 Å². The van der Waals surface area contributed by atoms with E-state index in [2.05, 4.69) is 15.2 Å². The largest absolute Gasteiger partial charge is 0.455 e. The summed E-state index contributed by atoms with van der Waals surface area (Å²) < 4.78 is 23.7. The number of aromatic amines is 1. The minimum absolute atomic E-state index is 0.117. The second-order valence-corrected chi connectivity index (χ2v) is 6.21. The van der Waals surface area contributed by atoms with Crippen LogP contribution in [0.1, 0.15) is 17.0 Å². The van der Waals surface area contributed by atoms with E-state index in [1.54, 1.807) is 0 Å². The molecule has 0 spiro atoms. The van der Waals surface area contributed by atoms with Crippen LogP contribution in [-0.4, -0.2) is 21.2 Å². The Kier molecular flexibility index (Phi) is 4.42. The zero-order valence-electron chi connectivity index (χ0n) is 14.5. The van der Waals surface area contributed by atoms with Crippen molar-refractivity contribution in [2.45, 2.75) is 20.0 Å². The third-order valence-corrected chi connectivity index (χ3v) is 4.17. The number of ether oxygens (including phenoxy) is 1. The number of esters is 1. The topological polar surface area (TPSA) is 81.0 Å². The van der Waals surface area contributed by atoms with Gasteiger partial charge in [-0.15, -0.1) is 10.2 Å². The Labute approximate surface area is 154 Å². The second kappa shape index (κ2) is 7.03. The van der Waals surface area contributed by atoms with E-state index in [0.29, 0.717) is 5.56 Å². The minimum Gasteiger partial charge on any atom is -0.455 e. The summed E-state index contributed by atoms with van der Waals surface area (Å²) in [5.74, 6) is -0.315. The maximum atomic E-state index is 13.0. The van der Waals surface area contributed by atoms with Gasteiger partial charge in [-0.05, 0) is 48.9 Å². The van der Waals surface area contributed by atoms with Gasteiger partial charge >= 0.3 is 5.97 Å². The molecule has 0 fully saturated rings. The molecule has 2 aromatic heterocycles. The van der Waals surface area contributed by atoms with Crippen LogP contribution in [0, 0.1) is 12.7 Å². The SMILES string of the molecule is Cc1ccc2[nH]cc(CC(=O)OCc3nnc(-c4ccc(F)cc4)o3)c2c1. The monoisotopic (exact) mass is 365 g/mol. The minimum atomic E-state index is -0.390. The number of hydrogen-bond acceptors (Lipinski definition) is 5. The smallest absolute Gasteiger partial charge is 0.310 e. The molecule has 0 atom stereocenters. The van der Waals surface area contributed by atoms with Crippen molar-refractivity contribution in [2.24, 2.45) is 0 Å². The number of hydrogen-bond donors (Lipinski definition) is 1. The number of halogens is 1. The summed E-state index contributed by atoms with van der Waals surface area (Å²) in [4.78, 5) is 15.3. The van der Waals surface area contributed by atoms with E-state index < -0.39 is 0 Å². The summed E-state index contributed by atoms with van der Waals surface area (Å²) in [6.07, 6.45) is 1.95. The Morgan fingerprint density at radius 2 is 2.00 bits per heavy atom. The summed E-state index contributed by atoms with van der Waals surface area (Å²) in [5, 5.41) is 8.74. The number of nitrogens with zero attached hydrogens (tertiary/aromatic N) is 2. The molecule has 0 amide bonds. The van der Waals surface area contributed by atoms with Crippen molar-refractivity contribution in [1.82, 2.24) is 15.2 Å². The van der Waals surface area contributed by atoms with Crippen LogP contribution >= 0.6 is 0 Å². The molecule has 0 aliphatic heterocycles. The Morgan fingerprint density at radius 1 is 1.19 bits per heavy atom. The van der Waals surface area contributed by atoms with Crippen LogP contribution in [0.15, 0.2) is 53.1 Å². The first kappa shape index (κ1) is 17.0.